The Balaban J connectivity index is 3.28. The van der Waals surface area contributed by atoms with Gasteiger partial charge in [0.15, 0.2) is 0 Å². The zero-order valence-electron chi connectivity index (χ0n) is 10.4. The van der Waals surface area contributed by atoms with Gasteiger partial charge in [0.05, 0.1) is 6.61 Å². The lowest BCUT2D eigenvalue weighted by Gasteiger charge is -2.19. The molecule has 0 spiro atoms. The standard InChI is InChI=1S/C11H23NO4/c1-11(2,3)16-10(14)12-6-9-15-8-5-4-7-13/h13H,4-9H2,1-3H3,(H,12,14). The molecular formula is C11H23NO4. The molecular weight excluding hydrogens is 210 g/mol. The van der Waals surface area contributed by atoms with Gasteiger partial charge in [0.2, 0.25) is 0 Å². The molecule has 0 aromatic carbocycles. The number of carbonyl (C=O) groups excluding carboxylic acids is 1. The molecule has 0 heterocycles. The lowest BCUT2D eigenvalue weighted by atomic mass is 10.2. The van der Waals surface area contributed by atoms with E-state index in [-0.39, 0.29) is 6.61 Å². The summed E-state index contributed by atoms with van der Waals surface area (Å²) in [6.07, 6.45) is 1.16. The molecule has 0 unspecified atom stereocenters. The predicted octanol–water partition coefficient (Wildman–Crippen LogP) is 1.30. The number of aliphatic hydroxyl groups is 1. The molecule has 0 aliphatic rings. The highest BCUT2D eigenvalue weighted by atomic mass is 16.6. The predicted molar refractivity (Wildman–Crippen MR) is 61.4 cm³/mol. The largest absolute Gasteiger partial charge is 0.444 e. The maximum absolute atomic E-state index is 11.2. The number of ether oxygens (including phenoxy) is 2. The van der Waals surface area contributed by atoms with Crippen molar-refractivity contribution >= 4 is 6.09 Å². The molecule has 1 amide bonds. The molecule has 2 N–H and O–H groups in total. The number of hydrogen-bond acceptors (Lipinski definition) is 4. The van der Waals surface area contributed by atoms with Gasteiger partial charge in [-0.3, -0.25) is 0 Å². The fourth-order valence-corrected chi connectivity index (χ4v) is 0.957. The van der Waals surface area contributed by atoms with Crippen molar-refractivity contribution in [2.45, 2.75) is 39.2 Å². The first-order valence-electron chi connectivity index (χ1n) is 5.61. The Hall–Kier alpha value is -0.810. The van der Waals surface area contributed by atoms with Crippen LogP contribution in [0.3, 0.4) is 0 Å². The number of hydrogen-bond donors (Lipinski definition) is 2. The summed E-state index contributed by atoms with van der Waals surface area (Å²) in [5, 5.41) is 11.1. The molecule has 0 bridgehead atoms. The maximum atomic E-state index is 11.2. The molecule has 5 nitrogen and oxygen atoms in total. The molecule has 16 heavy (non-hydrogen) atoms. The van der Waals surface area contributed by atoms with Crippen molar-refractivity contribution in [1.29, 1.82) is 0 Å². The van der Waals surface area contributed by atoms with Crippen molar-refractivity contribution in [3.8, 4) is 0 Å². The summed E-state index contributed by atoms with van der Waals surface area (Å²) in [5.74, 6) is 0. The van der Waals surface area contributed by atoms with Crippen LogP contribution in [0.15, 0.2) is 0 Å². The SMILES string of the molecule is CC(C)(C)OC(=O)NCCOCCCCO. The second kappa shape index (κ2) is 8.35. The Labute approximate surface area is 97.1 Å². The Morgan fingerprint density at radius 1 is 1.25 bits per heavy atom. The van der Waals surface area contributed by atoms with Crippen molar-refractivity contribution in [3.05, 3.63) is 0 Å². The van der Waals surface area contributed by atoms with E-state index in [1.165, 1.54) is 0 Å². The molecule has 0 aromatic rings. The molecule has 0 radical (unpaired) electrons. The molecule has 5 heteroatoms. The van der Waals surface area contributed by atoms with E-state index in [0.29, 0.717) is 19.8 Å². The third-order valence-electron chi connectivity index (χ3n) is 1.61. The van der Waals surface area contributed by atoms with Gasteiger partial charge in [-0.2, -0.15) is 0 Å². The third-order valence-corrected chi connectivity index (χ3v) is 1.61. The third kappa shape index (κ3) is 11.3. The van der Waals surface area contributed by atoms with E-state index in [2.05, 4.69) is 5.32 Å². The molecule has 96 valence electrons. The van der Waals surface area contributed by atoms with Crippen molar-refractivity contribution in [2.75, 3.05) is 26.4 Å². The molecule has 0 rings (SSSR count). The summed E-state index contributed by atoms with van der Waals surface area (Å²) in [5.41, 5.74) is -0.466. The van der Waals surface area contributed by atoms with E-state index >= 15 is 0 Å². The van der Waals surface area contributed by atoms with Crippen LogP contribution in [0.1, 0.15) is 33.6 Å². The van der Waals surface area contributed by atoms with Gasteiger partial charge in [0.25, 0.3) is 0 Å². The van der Waals surface area contributed by atoms with Gasteiger partial charge < -0.3 is 19.9 Å². The summed E-state index contributed by atoms with van der Waals surface area (Å²) >= 11 is 0. The van der Waals surface area contributed by atoms with Crippen molar-refractivity contribution in [1.82, 2.24) is 5.32 Å². The van der Waals surface area contributed by atoms with Gasteiger partial charge in [-0.15, -0.1) is 0 Å². The summed E-state index contributed by atoms with van der Waals surface area (Å²) < 4.78 is 10.3. The minimum atomic E-state index is -0.466. The highest BCUT2D eigenvalue weighted by Crippen LogP contribution is 2.05. The van der Waals surface area contributed by atoms with Crippen LogP contribution in [0.5, 0.6) is 0 Å². The molecule has 0 atom stereocenters. The van der Waals surface area contributed by atoms with Crippen LogP contribution < -0.4 is 5.32 Å². The number of unbranched alkanes of at least 4 members (excludes halogenated alkanes) is 1. The highest BCUT2D eigenvalue weighted by molar-refractivity contribution is 5.67. The number of rotatable bonds is 7. The van der Waals surface area contributed by atoms with Gasteiger partial charge in [0.1, 0.15) is 5.60 Å². The van der Waals surface area contributed by atoms with Gasteiger partial charge in [-0.1, -0.05) is 0 Å². The van der Waals surface area contributed by atoms with Crippen LogP contribution in [-0.2, 0) is 9.47 Å². The zero-order chi connectivity index (χ0) is 12.4. The maximum Gasteiger partial charge on any atom is 0.407 e. The fraction of sp³-hybridized carbons (Fsp3) is 0.909. The van der Waals surface area contributed by atoms with Crippen molar-refractivity contribution in [2.24, 2.45) is 0 Å². The first kappa shape index (κ1) is 15.2. The molecule has 0 saturated heterocycles. The van der Waals surface area contributed by atoms with E-state index in [9.17, 15) is 4.79 Å². The quantitative estimate of drug-likeness (QED) is 0.650. The van der Waals surface area contributed by atoms with Crippen LogP contribution in [0.2, 0.25) is 0 Å². The number of aliphatic hydroxyl groups excluding tert-OH is 1. The Morgan fingerprint density at radius 2 is 1.94 bits per heavy atom. The fourth-order valence-electron chi connectivity index (χ4n) is 0.957. The molecule has 0 aromatic heterocycles. The highest BCUT2D eigenvalue weighted by Gasteiger charge is 2.15. The summed E-state index contributed by atoms with van der Waals surface area (Å²) in [7, 11) is 0. The van der Waals surface area contributed by atoms with E-state index < -0.39 is 11.7 Å². The number of carbonyl (C=O) groups is 1. The number of amides is 1. The molecule has 0 fully saturated rings. The summed E-state index contributed by atoms with van der Waals surface area (Å²) in [6.45, 7) is 7.16. The van der Waals surface area contributed by atoms with Crippen LogP contribution in [0, 0.1) is 0 Å². The second-order valence-corrected chi connectivity index (χ2v) is 4.47. The minimum absolute atomic E-state index is 0.194. The van der Waals surface area contributed by atoms with Gasteiger partial charge in [0, 0.05) is 19.8 Å². The Morgan fingerprint density at radius 3 is 2.50 bits per heavy atom. The zero-order valence-corrected chi connectivity index (χ0v) is 10.4. The van der Waals surface area contributed by atoms with E-state index in [1.807, 2.05) is 20.8 Å². The first-order valence-corrected chi connectivity index (χ1v) is 5.61. The van der Waals surface area contributed by atoms with Gasteiger partial charge in [-0.05, 0) is 33.6 Å². The summed E-state index contributed by atoms with van der Waals surface area (Å²) in [4.78, 5) is 11.2. The first-order chi connectivity index (χ1) is 7.45. The monoisotopic (exact) mass is 233 g/mol. The van der Waals surface area contributed by atoms with E-state index in [1.54, 1.807) is 0 Å². The van der Waals surface area contributed by atoms with E-state index in [4.69, 9.17) is 14.6 Å². The van der Waals surface area contributed by atoms with Crippen LogP contribution in [-0.4, -0.2) is 43.2 Å². The van der Waals surface area contributed by atoms with Crippen molar-refractivity contribution in [3.63, 3.8) is 0 Å². The topological polar surface area (TPSA) is 67.8 Å². The molecule has 0 aliphatic heterocycles. The molecule has 0 aliphatic carbocycles. The second-order valence-electron chi connectivity index (χ2n) is 4.47. The van der Waals surface area contributed by atoms with Crippen LogP contribution in [0.4, 0.5) is 4.79 Å². The van der Waals surface area contributed by atoms with Crippen molar-refractivity contribution < 1.29 is 19.4 Å². The normalized spacial score (nSPS) is 11.2. The van der Waals surface area contributed by atoms with Gasteiger partial charge >= 0.3 is 6.09 Å². The smallest absolute Gasteiger partial charge is 0.407 e. The minimum Gasteiger partial charge on any atom is -0.444 e. The Kier molecular flexibility index (Phi) is 7.93. The number of nitrogens with one attached hydrogen (secondary N) is 1. The average molecular weight is 233 g/mol. The lowest BCUT2D eigenvalue weighted by molar-refractivity contribution is 0.0498. The lowest BCUT2D eigenvalue weighted by Crippen LogP contribution is -2.34. The average Bonchev–Trinajstić information content (AvgIpc) is 2.13. The van der Waals surface area contributed by atoms with Gasteiger partial charge in [-0.25, -0.2) is 4.79 Å². The van der Waals surface area contributed by atoms with E-state index in [0.717, 1.165) is 12.8 Å². The summed E-state index contributed by atoms with van der Waals surface area (Å²) in [6, 6.07) is 0. The molecule has 0 saturated carbocycles. The number of alkyl carbamates (subject to hydrolysis) is 1. The Bertz CT molecular complexity index is 189. The van der Waals surface area contributed by atoms with Crippen LogP contribution in [0.25, 0.3) is 0 Å². The van der Waals surface area contributed by atoms with Crippen LogP contribution >= 0.6 is 0 Å².